The fraction of sp³-hybridized carbons (Fsp3) is 0.333. The van der Waals surface area contributed by atoms with E-state index in [0.717, 1.165) is 24.2 Å². The standard InChI is InChI=1S/C12H13N3O/c1-8-3-2-4-11-14-10(7-15(8)11)12(16)13-9-5-6-9/h2-4,7,9H,5-6H2,1H3,(H,13,16). The van der Waals surface area contributed by atoms with E-state index in [0.29, 0.717) is 11.7 Å². The Bertz CT molecular complexity index is 554. The molecular weight excluding hydrogens is 202 g/mol. The molecule has 4 heteroatoms. The molecule has 0 radical (unpaired) electrons. The Labute approximate surface area is 93.3 Å². The van der Waals surface area contributed by atoms with Gasteiger partial charge < -0.3 is 9.72 Å². The van der Waals surface area contributed by atoms with E-state index in [4.69, 9.17) is 0 Å². The van der Waals surface area contributed by atoms with E-state index in [1.54, 1.807) is 6.20 Å². The average Bonchev–Trinajstić information content (AvgIpc) is 2.95. The molecule has 1 amide bonds. The highest BCUT2D eigenvalue weighted by Gasteiger charge is 2.24. The van der Waals surface area contributed by atoms with E-state index in [2.05, 4.69) is 10.3 Å². The van der Waals surface area contributed by atoms with E-state index < -0.39 is 0 Å². The Morgan fingerprint density at radius 1 is 1.50 bits per heavy atom. The molecule has 4 nitrogen and oxygen atoms in total. The molecule has 1 fully saturated rings. The maximum Gasteiger partial charge on any atom is 0.271 e. The smallest absolute Gasteiger partial charge is 0.271 e. The van der Waals surface area contributed by atoms with Crippen LogP contribution in [0.1, 0.15) is 29.0 Å². The van der Waals surface area contributed by atoms with E-state index in [1.165, 1.54) is 0 Å². The summed E-state index contributed by atoms with van der Waals surface area (Å²) in [6, 6.07) is 6.22. The molecular formula is C12H13N3O. The highest BCUT2D eigenvalue weighted by Crippen LogP contribution is 2.19. The van der Waals surface area contributed by atoms with Crippen LogP contribution in [0.15, 0.2) is 24.4 Å². The van der Waals surface area contributed by atoms with Gasteiger partial charge in [-0.15, -0.1) is 0 Å². The van der Waals surface area contributed by atoms with Crippen molar-refractivity contribution in [3.8, 4) is 0 Å². The van der Waals surface area contributed by atoms with Crippen LogP contribution in [-0.4, -0.2) is 21.3 Å². The first-order valence-electron chi connectivity index (χ1n) is 5.49. The number of aromatic nitrogens is 2. The first-order chi connectivity index (χ1) is 7.74. The van der Waals surface area contributed by atoms with Crippen LogP contribution in [0.2, 0.25) is 0 Å². The number of aryl methyl sites for hydroxylation is 1. The molecule has 0 unspecified atom stereocenters. The van der Waals surface area contributed by atoms with Gasteiger partial charge in [-0.2, -0.15) is 0 Å². The van der Waals surface area contributed by atoms with E-state index in [1.807, 2.05) is 29.5 Å². The van der Waals surface area contributed by atoms with Gasteiger partial charge in [-0.25, -0.2) is 4.98 Å². The van der Waals surface area contributed by atoms with Crippen molar-refractivity contribution >= 4 is 11.6 Å². The Kier molecular flexibility index (Phi) is 1.96. The summed E-state index contributed by atoms with van der Waals surface area (Å²) in [5, 5.41) is 2.94. The Morgan fingerprint density at radius 2 is 2.31 bits per heavy atom. The zero-order chi connectivity index (χ0) is 11.1. The summed E-state index contributed by atoms with van der Waals surface area (Å²) >= 11 is 0. The molecule has 1 N–H and O–H groups in total. The molecule has 82 valence electrons. The molecule has 16 heavy (non-hydrogen) atoms. The van der Waals surface area contributed by atoms with Crippen molar-refractivity contribution in [3.63, 3.8) is 0 Å². The number of hydrogen-bond donors (Lipinski definition) is 1. The lowest BCUT2D eigenvalue weighted by Gasteiger charge is -1.97. The van der Waals surface area contributed by atoms with E-state index in [9.17, 15) is 4.79 Å². The lowest BCUT2D eigenvalue weighted by Crippen LogP contribution is -2.25. The summed E-state index contributed by atoms with van der Waals surface area (Å²) in [5.41, 5.74) is 2.40. The molecule has 1 aliphatic rings. The second kappa shape index (κ2) is 3.33. The summed E-state index contributed by atoms with van der Waals surface area (Å²) in [6.07, 6.45) is 3.98. The fourth-order valence-electron chi connectivity index (χ4n) is 1.74. The highest BCUT2D eigenvalue weighted by atomic mass is 16.2. The molecule has 3 rings (SSSR count). The minimum Gasteiger partial charge on any atom is -0.348 e. The van der Waals surface area contributed by atoms with Gasteiger partial charge in [-0.05, 0) is 31.9 Å². The van der Waals surface area contributed by atoms with Gasteiger partial charge in [0.1, 0.15) is 11.3 Å². The minimum absolute atomic E-state index is 0.0643. The molecule has 2 heterocycles. The van der Waals surface area contributed by atoms with E-state index >= 15 is 0 Å². The van der Waals surface area contributed by atoms with E-state index in [-0.39, 0.29) is 5.91 Å². The van der Waals surface area contributed by atoms with Crippen LogP contribution in [0.4, 0.5) is 0 Å². The number of pyridine rings is 1. The van der Waals surface area contributed by atoms with Crippen LogP contribution in [0, 0.1) is 6.92 Å². The maximum absolute atomic E-state index is 11.8. The van der Waals surface area contributed by atoms with Gasteiger partial charge in [0, 0.05) is 17.9 Å². The van der Waals surface area contributed by atoms with Gasteiger partial charge in [0.2, 0.25) is 0 Å². The molecule has 0 spiro atoms. The third-order valence-corrected chi connectivity index (χ3v) is 2.84. The van der Waals surface area contributed by atoms with Crippen molar-refractivity contribution in [1.82, 2.24) is 14.7 Å². The fourth-order valence-corrected chi connectivity index (χ4v) is 1.74. The molecule has 0 atom stereocenters. The molecule has 1 aliphatic carbocycles. The SMILES string of the molecule is Cc1cccc2nc(C(=O)NC3CC3)cn12. The minimum atomic E-state index is -0.0643. The molecule has 1 saturated carbocycles. The van der Waals surface area contributed by atoms with Crippen molar-refractivity contribution in [2.45, 2.75) is 25.8 Å². The first kappa shape index (κ1) is 9.39. The number of nitrogens with zero attached hydrogens (tertiary/aromatic N) is 2. The molecule has 0 bridgehead atoms. The predicted octanol–water partition coefficient (Wildman–Crippen LogP) is 1.53. The third-order valence-electron chi connectivity index (χ3n) is 2.84. The van der Waals surface area contributed by atoms with Gasteiger partial charge in [-0.1, -0.05) is 6.07 Å². The molecule has 2 aromatic rings. The summed E-state index contributed by atoms with van der Waals surface area (Å²) in [4.78, 5) is 16.1. The monoisotopic (exact) mass is 215 g/mol. The lowest BCUT2D eigenvalue weighted by atomic mass is 10.4. The van der Waals surface area contributed by atoms with Crippen molar-refractivity contribution in [2.24, 2.45) is 0 Å². The third kappa shape index (κ3) is 1.56. The number of fused-ring (bicyclic) bond motifs is 1. The zero-order valence-electron chi connectivity index (χ0n) is 9.10. The number of amides is 1. The van der Waals surface area contributed by atoms with Crippen molar-refractivity contribution in [3.05, 3.63) is 35.8 Å². The highest BCUT2D eigenvalue weighted by molar-refractivity contribution is 5.93. The summed E-state index contributed by atoms with van der Waals surface area (Å²) in [6.45, 7) is 2.00. The predicted molar refractivity (Wildman–Crippen MR) is 60.4 cm³/mol. The number of imidazole rings is 1. The van der Waals surface area contributed by atoms with Crippen LogP contribution < -0.4 is 5.32 Å². The molecule has 0 saturated heterocycles. The summed E-state index contributed by atoms with van der Waals surface area (Å²) < 4.78 is 1.93. The zero-order valence-corrected chi connectivity index (χ0v) is 9.10. The van der Waals surface area contributed by atoms with Gasteiger partial charge in [0.15, 0.2) is 0 Å². The Balaban J connectivity index is 1.97. The second-order valence-corrected chi connectivity index (χ2v) is 4.27. The van der Waals surface area contributed by atoms with Gasteiger partial charge in [0.25, 0.3) is 5.91 Å². The summed E-state index contributed by atoms with van der Waals surface area (Å²) in [5.74, 6) is -0.0643. The van der Waals surface area contributed by atoms with Crippen LogP contribution in [-0.2, 0) is 0 Å². The number of carbonyl (C=O) groups is 1. The van der Waals surface area contributed by atoms with Crippen LogP contribution >= 0.6 is 0 Å². The number of carbonyl (C=O) groups excluding carboxylic acids is 1. The van der Waals surface area contributed by atoms with Crippen LogP contribution in [0.3, 0.4) is 0 Å². The maximum atomic E-state index is 11.8. The van der Waals surface area contributed by atoms with Gasteiger partial charge in [-0.3, -0.25) is 4.79 Å². The Morgan fingerprint density at radius 3 is 3.00 bits per heavy atom. The normalized spacial score (nSPS) is 15.3. The quantitative estimate of drug-likeness (QED) is 0.825. The first-order valence-corrected chi connectivity index (χ1v) is 5.49. The van der Waals surface area contributed by atoms with Crippen molar-refractivity contribution in [2.75, 3.05) is 0 Å². The number of nitrogens with one attached hydrogen (secondary N) is 1. The molecule has 0 aliphatic heterocycles. The summed E-state index contributed by atoms with van der Waals surface area (Å²) in [7, 11) is 0. The molecule has 2 aromatic heterocycles. The van der Waals surface area contributed by atoms with Crippen molar-refractivity contribution in [1.29, 1.82) is 0 Å². The number of hydrogen-bond acceptors (Lipinski definition) is 2. The second-order valence-electron chi connectivity index (χ2n) is 4.27. The molecule has 0 aromatic carbocycles. The van der Waals surface area contributed by atoms with Crippen LogP contribution in [0.25, 0.3) is 5.65 Å². The van der Waals surface area contributed by atoms with Gasteiger partial charge >= 0.3 is 0 Å². The van der Waals surface area contributed by atoms with Crippen LogP contribution in [0.5, 0.6) is 0 Å². The number of rotatable bonds is 2. The lowest BCUT2D eigenvalue weighted by molar-refractivity contribution is 0.0946. The van der Waals surface area contributed by atoms with Crippen molar-refractivity contribution < 1.29 is 4.79 Å². The largest absolute Gasteiger partial charge is 0.348 e. The average molecular weight is 215 g/mol. The van der Waals surface area contributed by atoms with Gasteiger partial charge in [0.05, 0.1) is 0 Å². The Hall–Kier alpha value is -1.84. The topological polar surface area (TPSA) is 46.4 Å².